The molecule has 0 heterocycles. The van der Waals surface area contributed by atoms with Crippen molar-refractivity contribution in [3.8, 4) is 11.5 Å². The molecule has 0 aliphatic heterocycles. The first kappa shape index (κ1) is 18.1. The third-order valence-electron chi connectivity index (χ3n) is 3.83. The van der Waals surface area contributed by atoms with Gasteiger partial charge in [-0.2, -0.15) is 0 Å². The van der Waals surface area contributed by atoms with Crippen LogP contribution in [0.25, 0.3) is 0 Å². The van der Waals surface area contributed by atoms with E-state index in [-0.39, 0.29) is 5.97 Å². The lowest BCUT2D eigenvalue weighted by Crippen LogP contribution is -2.14. The Balaban J connectivity index is 2.30. The maximum Gasteiger partial charge on any atom is 0.343 e. The van der Waals surface area contributed by atoms with Gasteiger partial charge in [0.2, 0.25) is 0 Å². The summed E-state index contributed by atoms with van der Waals surface area (Å²) >= 11 is 0. The molecule has 2 aromatic rings. The van der Waals surface area contributed by atoms with E-state index in [9.17, 15) is 4.79 Å². The molecule has 3 heteroatoms. The minimum atomic E-state index is -0.329. The highest BCUT2D eigenvalue weighted by atomic mass is 16.6. The summed E-state index contributed by atoms with van der Waals surface area (Å²) in [6.07, 6.45) is 1.76. The van der Waals surface area contributed by atoms with Gasteiger partial charge in [-0.3, -0.25) is 0 Å². The predicted octanol–water partition coefficient (Wildman–Crippen LogP) is 5.07. The van der Waals surface area contributed by atoms with E-state index >= 15 is 0 Å². The fraction of sp³-hybridized carbons (Fsp3) is 0.381. The number of carbonyl (C=O) groups is 1. The van der Waals surface area contributed by atoms with Crippen LogP contribution in [0.4, 0.5) is 0 Å². The topological polar surface area (TPSA) is 35.5 Å². The largest absolute Gasteiger partial charge is 0.490 e. The number of rotatable bonds is 7. The second kappa shape index (κ2) is 8.53. The SMILES string of the molecule is CCOc1ccccc1OC(=O)c1cccc(CC(C)C)c1CC. The highest BCUT2D eigenvalue weighted by Gasteiger charge is 2.17. The monoisotopic (exact) mass is 326 g/mol. The maximum atomic E-state index is 12.7. The van der Waals surface area contributed by atoms with E-state index in [1.165, 1.54) is 5.56 Å². The zero-order valence-electron chi connectivity index (χ0n) is 15.0. The van der Waals surface area contributed by atoms with Gasteiger partial charge in [0.05, 0.1) is 12.2 Å². The molecule has 0 fully saturated rings. The lowest BCUT2D eigenvalue weighted by Gasteiger charge is -2.15. The van der Waals surface area contributed by atoms with Crippen molar-refractivity contribution in [2.45, 2.75) is 40.5 Å². The van der Waals surface area contributed by atoms with Crippen LogP contribution in [0.3, 0.4) is 0 Å². The summed E-state index contributed by atoms with van der Waals surface area (Å²) in [6.45, 7) is 8.87. The Kier molecular flexibility index (Phi) is 6.42. The van der Waals surface area contributed by atoms with E-state index in [4.69, 9.17) is 9.47 Å². The normalized spacial score (nSPS) is 10.7. The summed E-state index contributed by atoms with van der Waals surface area (Å²) in [7, 11) is 0. The van der Waals surface area contributed by atoms with E-state index in [1.807, 2.05) is 37.3 Å². The molecule has 0 saturated carbocycles. The Morgan fingerprint density at radius 3 is 2.33 bits per heavy atom. The Labute approximate surface area is 144 Å². The summed E-state index contributed by atoms with van der Waals surface area (Å²) in [5.74, 6) is 1.26. The minimum Gasteiger partial charge on any atom is -0.490 e. The van der Waals surface area contributed by atoms with E-state index in [0.29, 0.717) is 29.6 Å². The molecule has 3 nitrogen and oxygen atoms in total. The molecular weight excluding hydrogens is 300 g/mol. The van der Waals surface area contributed by atoms with Gasteiger partial charge in [-0.1, -0.05) is 45.0 Å². The van der Waals surface area contributed by atoms with Crippen molar-refractivity contribution in [1.82, 2.24) is 0 Å². The van der Waals surface area contributed by atoms with E-state index in [1.54, 1.807) is 6.07 Å². The van der Waals surface area contributed by atoms with E-state index in [2.05, 4.69) is 26.8 Å². The van der Waals surface area contributed by atoms with Gasteiger partial charge in [0.1, 0.15) is 0 Å². The zero-order valence-corrected chi connectivity index (χ0v) is 15.0. The highest BCUT2D eigenvalue weighted by molar-refractivity contribution is 5.93. The average Bonchev–Trinajstić information content (AvgIpc) is 2.56. The smallest absolute Gasteiger partial charge is 0.343 e. The fourth-order valence-corrected chi connectivity index (χ4v) is 2.84. The van der Waals surface area contributed by atoms with E-state index in [0.717, 1.165) is 18.4 Å². The van der Waals surface area contributed by atoms with Gasteiger partial charge in [-0.05, 0) is 55.0 Å². The van der Waals surface area contributed by atoms with Crippen LogP contribution < -0.4 is 9.47 Å². The predicted molar refractivity (Wildman–Crippen MR) is 96.9 cm³/mol. The number of hydrogen-bond donors (Lipinski definition) is 0. The summed E-state index contributed by atoms with van der Waals surface area (Å²) in [4.78, 5) is 12.7. The second-order valence-electron chi connectivity index (χ2n) is 6.16. The first-order valence-corrected chi connectivity index (χ1v) is 8.61. The first-order valence-electron chi connectivity index (χ1n) is 8.61. The molecule has 0 aromatic heterocycles. The van der Waals surface area contributed by atoms with Crippen molar-refractivity contribution in [2.75, 3.05) is 6.61 Å². The van der Waals surface area contributed by atoms with Crippen molar-refractivity contribution < 1.29 is 14.3 Å². The summed E-state index contributed by atoms with van der Waals surface area (Å²) in [5, 5.41) is 0. The van der Waals surface area contributed by atoms with Crippen LogP contribution in [0.15, 0.2) is 42.5 Å². The van der Waals surface area contributed by atoms with Crippen LogP contribution in [-0.2, 0) is 12.8 Å². The van der Waals surface area contributed by atoms with Crippen molar-refractivity contribution in [3.05, 3.63) is 59.2 Å². The standard InChI is InChI=1S/C21H26O3/c1-5-17-16(14-15(3)4)10-9-11-18(17)21(22)24-20-13-8-7-12-19(20)23-6-2/h7-13,15H,5-6,14H2,1-4H3. The Morgan fingerprint density at radius 2 is 1.71 bits per heavy atom. The quantitative estimate of drug-likeness (QED) is 0.526. The molecule has 2 rings (SSSR count). The summed E-state index contributed by atoms with van der Waals surface area (Å²) < 4.78 is 11.2. The highest BCUT2D eigenvalue weighted by Crippen LogP contribution is 2.28. The number of hydrogen-bond acceptors (Lipinski definition) is 3. The molecule has 0 N–H and O–H groups in total. The Bertz CT molecular complexity index is 689. The zero-order chi connectivity index (χ0) is 17.5. The number of carbonyl (C=O) groups excluding carboxylic acids is 1. The van der Waals surface area contributed by atoms with E-state index < -0.39 is 0 Å². The molecule has 128 valence electrons. The van der Waals surface area contributed by atoms with Gasteiger partial charge in [-0.15, -0.1) is 0 Å². The average molecular weight is 326 g/mol. The molecule has 0 spiro atoms. The number of ether oxygens (including phenoxy) is 2. The van der Waals surface area contributed by atoms with Crippen LogP contribution in [0.2, 0.25) is 0 Å². The molecule has 0 atom stereocenters. The molecule has 0 aliphatic rings. The molecule has 0 radical (unpaired) electrons. The van der Waals surface area contributed by atoms with Crippen LogP contribution >= 0.6 is 0 Å². The van der Waals surface area contributed by atoms with Gasteiger partial charge >= 0.3 is 5.97 Å². The molecular formula is C21H26O3. The lowest BCUT2D eigenvalue weighted by molar-refractivity contribution is 0.0727. The minimum absolute atomic E-state index is 0.329. The van der Waals surface area contributed by atoms with Gasteiger partial charge in [0, 0.05) is 0 Å². The molecule has 0 amide bonds. The van der Waals surface area contributed by atoms with Crippen LogP contribution in [-0.4, -0.2) is 12.6 Å². The third kappa shape index (κ3) is 4.38. The molecule has 0 unspecified atom stereocenters. The number of esters is 1. The maximum absolute atomic E-state index is 12.7. The Morgan fingerprint density at radius 1 is 1.00 bits per heavy atom. The summed E-state index contributed by atoms with van der Waals surface area (Å²) in [5.41, 5.74) is 2.94. The van der Waals surface area contributed by atoms with Crippen molar-refractivity contribution in [1.29, 1.82) is 0 Å². The van der Waals surface area contributed by atoms with Crippen molar-refractivity contribution >= 4 is 5.97 Å². The van der Waals surface area contributed by atoms with Gasteiger partial charge in [0.25, 0.3) is 0 Å². The van der Waals surface area contributed by atoms with Crippen LogP contribution in [0.5, 0.6) is 11.5 Å². The van der Waals surface area contributed by atoms with Gasteiger partial charge in [0.15, 0.2) is 11.5 Å². The van der Waals surface area contributed by atoms with Crippen LogP contribution in [0.1, 0.15) is 49.2 Å². The second-order valence-corrected chi connectivity index (χ2v) is 6.16. The first-order chi connectivity index (χ1) is 11.6. The summed E-state index contributed by atoms with van der Waals surface area (Å²) in [6, 6.07) is 13.1. The van der Waals surface area contributed by atoms with Gasteiger partial charge in [-0.25, -0.2) is 4.79 Å². The number of para-hydroxylation sites is 2. The van der Waals surface area contributed by atoms with Gasteiger partial charge < -0.3 is 9.47 Å². The third-order valence-corrected chi connectivity index (χ3v) is 3.83. The molecule has 0 bridgehead atoms. The molecule has 24 heavy (non-hydrogen) atoms. The molecule has 2 aromatic carbocycles. The van der Waals surface area contributed by atoms with Crippen molar-refractivity contribution in [2.24, 2.45) is 5.92 Å². The number of benzene rings is 2. The molecule has 0 aliphatic carbocycles. The Hall–Kier alpha value is -2.29. The fourth-order valence-electron chi connectivity index (χ4n) is 2.84. The lowest BCUT2D eigenvalue weighted by atomic mass is 9.93. The van der Waals surface area contributed by atoms with Crippen LogP contribution in [0, 0.1) is 5.92 Å². The van der Waals surface area contributed by atoms with Crippen molar-refractivity contribution in [3.63, 3.8) is 0 Å². The molecule has 0 saturated heterocycles.